The van der Waals surface area contributed by atoms with Gasteiger partial charge in [-0.1, -0.05) is 0 Å². The second kappa shape index (κ2) is 6.33. The third-order valence-electron chi connectivity index (χ3n) is 1.48. The number of unbranched alkanes of at least 4 members (excludes halogenated alkanes) is 1. The van der Waals surface area contributed by atoms with Crippen LogP contribution in [0.15, 0.2) is 0 Å². The van der Waals surface area contributed by atoms with Crippen LogP contribution in [0, 0.1) is 0 Å². The number of sulfonamides is 1. The molecule has 0 amide bonds. The van der Waals surface area contributed by atoms with Gasteiger partial charge in [0.15, 0.2) is 0 Å². The summed E-state index contributed by atoms with van der Waals surface area (Å²) in [6, 6.07) is 0. The highest BCUT2D eigenvalue weighted by atomic mass is 32.3. The zero-order chi connectivity index (χ0) is 11.2. The van der Waals surface area contributed by atoms with Gasteiger partial charge in [0.1, 0.15) is 0 Å². The van der Waals surface area contributed by atoms with E-state index in [-0.39, 0.29) is 5.75 Å². The fourth-order valence-electron chi connectivity index (χ4n) is 0.879. The molecule has 86 valence electrons. The molecule has 0 atom stereocenters. The van der Waals surface area contributed by atoms with Gasteiger partial charge < -0.3 is 4.90 Å². The molecular formula is C6H16N2O4S2. The van der Waals surface area contributed by atoms with Gasteiger partial charge in [0.25, 0.3) is 0 Å². The maximum atomic E-state index is 11.0. The topological polar surface area (TPSA) is 83.6 Å². The molecule has 0 saturated heterocycles. The maximum Gasteiger partial charge on any atom is 0.224 e. The van der Waals surface area contributed by atoms with Crippen LogP contribution in [0.5, 0.6) is 0 Å². The average molecular weight is 244 g/mol. The quantitative estimate of drug-likeness (QED) is 0.433. The summed E-state index contributed by atoms with van der Waals surface area (Å²) in [7, 11) is -2.93. The van der Waals surface area contributed by atoms with Crippen molar-refractivity contribution in [2.75, 3.05) is 26.4 Å². The van der Waals surface area contributed by atoms with Gasteiger partial charge in [-0.15, -0.1) is 4.13 Å². The van der Waals surface area contributed by atoms with Crippen LogP contribution in [0.3, 0.4) is 0 Å². The van der Waals surface area contributed by atoms with E-state index in [1.54, 1.807) is 0 Å². The van der Waals surface area contributed by atoms with Crippen LogP contribution in [0.1, 0.15) is 12.8 Å². The Morgan fingerprint density at radius 1 is 1.21 bits per heavy atom. The van der Waals surface area contributed by atoms with Crippen molar-refractivity contribution in [1.29, 1.82) is 0 Å². The molecule has 0 spiro atoms. The first-order chi connectivity index (χ1) is 6.33. The van der Waals surface area contributed by atoms with Gasteiger partial charge in [-0.05, 0) is 33.5 Å². The number of nitrogens with one attached hydrogen (secondary N) is 1. The standard InChI is InChI=1S/C6H16N2O4S2/c1-8(2)5-3-4-6-14(11,12)7-13(9)10/h13H,3-6H2,1-2H3,(H,7,9,10). The summed E-state index contributed by atoms with van der Waals surface area (Å²) in [6.07, 6.45) is 1.18. The lowest BCUT2D eigenvalue weighted by Gasteiger charge is -2.08. The third-order valence-corrected chi connectivity index (χ3v) is 4.02. The largest absolute Gasteiger partial charge is 0.309 e. The highest BCUT2D eigenvalue weighted by molar-refractivity contribution is 7.98. The monoisotopic (exact) mass is 244 g/mol. The Labute approximate surface area is 86.4 Å². The molecule has 0 unspecified atom stereocenters. The Balaban J connectivity index is 3.78. The highest BCUT2D eigenvalue weighted by Crippen LogP contribution is 1.95. The summed E-state index contributed by atoms with van der Waals surface area (Å²) in [4.78, 5) is 1.94. The number of nitrogens with zero attached hydrogens (tertiary/aromatic N) is 1. The third kappa shape index (κ3) is 8.42. The Morgan fingerprint density at radius 2 is 1.79 bits per heavy atom. The van der Waals surface area contributed by atoms with E-state index in [9.17, 15) is 16.8 Å². The van der Waals surface area contributed by atoms with Gasteiger partial charge >= 0.3 is 0 Å². The van der Waals surface area contributed by atoms with Crippen LogP contribution in [-0.2, 0) is 20.9 Å². The molecule has 14 heavy (non-hydrogen) atoms. The summed E-state index contributed by atoms with van der Waals surface area (Å²) < 4.78 is 43.7. The van der Waals surface area contributed by atoms with E-state index in [0.717, 1.165) is 13.0 Å². The second-order valence-electron chi connectivity index (χ2n) is 3.18. The average Bonchev–Trinajstić information content (AvgIpc) is 1.95. The molecular weight excluding hydrogens is 228 g/mol. The minimum absolute atomic E-state index is 0.149. The number of hydrogen-bond donors (Lipinski definition) is 2. The van der Waals surface area contributed by atoms with Crippen molar-refractivity contribution in [2.24, 2.45) is 0 Å². The zero-order valence-corrected chi connectivity index (χ0v) is 9.98. The molecule has 0 saturated carbocycles. The summed E-state index contributed by atoms with van der Waals surface area (Å²) in [5.41, 5.74) is 0. The van der Waals surface area contributed by atoms with Crippen LogP contribution in [0.25, 0.3) is 0 Å². The van der Waals surface area contributed by atoms with E-state index in [2.05, 4.69) is 0 Å². The van der Waals surface area contributed by atoms with E-state index in [1.165, 1.54) is 4.13 Å². The molecule has 0 heterocycles. The van der Waals surface area contributed by atoms with E-state index in [1.807, 2.05) is 19.0 Å². The Bertz CT molecular complexity index is 313. The normalized spacial score (nSPS) is 12.6. The lowest BCUT2D eigenvalue weighted by Crippen LogP contribution is -2.25. The van der Waals surface area contributed by atoms with Gasteiger partial charge in [-0.2, -0.15) is 0 Å². The van der Waals surface area contributed by atoms with Crippen LogP contribution >= 0.6 is 0 Å². The molecule has 0 aliphatic heterocycles. The minimum atomic E-state index is -3.64. The van der Waals surface area contributed by atoms with Crippen LogP contribution in [-0.4, -0.2) is 48.1 Å². The molecule has 0 aromatic carbocycles. The minimum Gasteiger partial charge on any atom is -0.309 e. The summed E-state index contributed by atoms with van der Waals surface area (Å²) in [5.74, 6) is -0.149. The lowest BCUT2D eigenvalue weighted by molar-refractivity contribution is 0.398. The van der Waals surface area contributed by atoms with Gasteiger partial charge in [-0.3, -0.25) is 0 Å². The highest BCUT2D eigenvalue weighted by Gasteiger charge is 2.09. The SMILES string of the molecule is CN(C)CCCCS(=O)(=O)N[SH](=O)=O. The molecule has 0 radical (unpaired) electrons. The number of thiol groups is 1. The van der Waals surface area contributed by atoms with E-state index < -0.39 is 20.9 Å². The predicted molar refractivity (Wildman–Crippen MR) is 55.0 cm³/mol. The van der Waals surface area contributed by atoms with Crippen molar-refractivity contribution in [2.45, 2.75) is 12.8 Å². The number of hydrogen-bond acceptors (Lipinski definition) is 5. The van der Waals surface area contributed by atoms with E-state index in [0.29, 0.717) is 6.42 Å². The Morgan fingerprint density at radius 3 is 2.21 bits per heavy atom. The first-order valence-corrected chi connectivity index (χ1v) is 6.96. The first kappa shape index (κ1) is 13.8. The Hall–Kier alpha value is -0.180. The van der Waals surface area contributed by atoms with Crippen LogP contribution < -0.4 is 4.13 Å². The molecule has 0 fully saturated rings. The maximum absolute atomic E-state index is 11.0. The van der Waals surface area contributed by atoms with Crippen molar-refractivity contribution in [3.8, 4) is 0 Å². The van der Waals surface area contributed by atoms with Gasteiger partial charge in [0.05, 0.1) is 5.75 Å². The lowest BCUT2D eigenvalue weighted by atomic mass is 10.3. The predicted octanol–water partition coefficient (Wildman–Crippen LogP) is -1.23. The summed E-state index contributed by atoms with van der Waals surface area (Å²) >= 11 is 0. The van der Waals surface area contributed by atoms with Gasteiger partial charge in [-0.25, -0.2) is 16.8 Å². The molecule has 1 N–H and O–H groups in total. The van der Waals surface area contributed by atoms with Crippen molar-refractivity contribution in [3.05, 3.63) is 0 Å². The second-order valence-corrected chi connectivity index (χ2v) is 6.06. The first-order valence-electron chi connectivity index (χ1n) is 4.13. The molecule has 0 aromatic rings. The van der Waals surface area contributed by atoms with Crippen molar-refractivity contribution < 1.29 is 16.8 Å². The van der Waals surface area contributed by atoms with Gasteiger partial charge in [0.2, 0.25) is 20.9 Å². The zero-order valence-electron chi connectivity index (χ0n) is 8.26. The van der Waals surface area contributed by atoms with Crippen LogP contribution in [0.2, 0.25) is 0 Å². The van der Waals surface area contributed by atoms with E-state index in [4.69, 9.17) is 0 Å². The van der Waals surface area contributed by atoms with Gasteiger partial charge in [0, 0.05) is 0 Å². The number of rotatable bonds is 7. The van der Waals surface area contributed by atoms with Crippen molar-refractivity contribution >= 4 is 20.9 Å². The molecule has 0 rings (SSSR count). The molecule has 0 bridgehead atoms. The van der Waals surface area contributed by atoms with Crippen LogP contribution in [0.4, 0.5) is 0 Å². The fourth-order valence-corrected chi connectivity index (χ4v) is 2.74. The molecule has 0 aliphatic carbocycles. The molecule has 0 aromatic heterocycles. The smallest absolute Gasteiger partial charge is 0.224 e. The van der Waals surface area contributed by atoms with E-state index >= 15 is 0 Å². The van der Waals surface area contributed by atoms with Crippen molar-refractivity contribution in [1.82, 2.24) is 9.03 Å². The summed E-state index contributed by atoms with van der Waals surface area (Å²) in [6.45, 7) is 0.791. The van der Waals surface area contributed by atoms with Crippen molar-refractivity contribution in [3.63, 3.8) is 0 Å². The molecule has 6 nitrogen and oxygen atoms in total. The Kier molecular flexibility index (Phi) is 6.25. The molecule has 8 heteroatoms. The summed E-state index contributed by atoms with van der Waals surface area (Å²) in [5, 5.41) is 0. The fraction of sp³-hybridized carbons (Fsp3) is 1.00. The molecule has 0 aliphatic rings.